The summed E-state index contributed by atoms with van der Waals surface area (Å²) in [5.74, 6) is -0.716. The number of carbonyl (C=O) groups is 2. The Bertz CT molecular complexity index is 787. The summed E-state index contributed by atoms with van der Waals surface area (Å²) in [7, 11) is 0. The van der Waals surface area contributed by atoms with Crippen molar-refractivity contribution in [3.63, 3.8) is 0 Å². The predicted molar refractivity (Wildman–Crippen MR) is 80.8 cm³/mol. The molecule has 110 valence electrons. The van der Waals surface area contributed by atoms with Crippen molar-refractivity contribution in [2.45, 2.75) is 32.7 Å². The van der Waals surface area contributed by atoms with Crippen LogP contribution in [0, 0.1) is 0 Å². The van der Waals surface area contributed by atoms with Crippen LogP contribution in [0.2, 0.25) is 0 Å². The minimum Gasteiger partial charge on any atom is -0.302 e. The number of piperidine rings is 1. The molecule has 2 amide bonds. The van der Waals surface area contributed by atoms with Gasteiger partial charge in [-0.3, -0.25) is 19.7 Å². The van der Waals surface area contributed by atoms with E-state index in [1.165, 1.54) is 4.57 Å². The zero-order valence-electron chi connectivity index (χ0n) is 12.2. The summed E-state index contributed by atoms with van der Waals surface area (Å²) in [4.78, 5) is 35.7. The Kier molecular flexibility index (Phi) is 4.21. The summed E-state index contributed by atoms with van der Waals surface area (Å²) in [6, 6.07) is 1.17. The minimum absolute atomic E-state index is 0.231. The summed E-state index contributed by atoms with van der Waals surface area (Å²) < 4.78 is 1.40. The third-order valence-corrected chi connectivity index (χ3v) is 3.72. The summed E-state index contributed by atoms with van der Waals surface area (Å²) >= 11 is 0. The fourth-order valence-electron chi connectivity index (χ4n) is 2.49. The second-order valence-corrected chi connectivity index (χ2v) is 5.00. The van der Waals surface area contributed by atoms with E-state index in [-0.39, 0.29) is 17.9 Å². The molecule has 0 aromatic carbocycles. The minimum atomic E-state index is -0.632. The number of rotatable bonds is 2. The lowest BCUT2D eigenvalue weighted by atomic mass is 10.1. The smallest absolute Gasteiger partial charge is 0.258 e. The molecule has 0 saturated carbocycles. The summed E-state index contributed by atoms with van der Waals surface area (Å²) in [6.45, 7) is 7.38. The van der Waals surface area contributed by atoms with Crippen LogP contribution in [0.3, 0.4) is 0 Å². The molecule has 1 atom stereocenters. The number of imide groups is 1. The quantitative estimate of drug-likeness (QED) is 0.777. The molecule has 0 spiro atoms. The Labute approximate surface area is 122 Å². The molecule has 1 N–H and O–H groups in total. The van der Waals surface area contributed by atoms with Gasteiger partial charge < -0.3 is 4.57 Å². The summed E-state index contributed by atoms with van der Waals surface area (Å²) in [6.07, 6.45) is 5.62. The summed E-state index contributed by atoms with van der Waals surface area (Å²) in [5.41, 5.74) is 0.668. The highest BCUT2D eigenvalue weighted by Gasteiger charge is 2.28. The Balaban J connectivity index is 2.65. The van der Waals surface area contributed by atoms with E-state index in [1.54, 1.807) is 31.3 Å². The molecule has 0 bridgehead atoms. The molecule has 0 radical (unpaired) electrons. The van der Waals surface area contributed by atoms with Crippen LogP contribution < -0.4 is 21.3 Å². The Hall–Kier alpha value is -2.43. The van der Waals surface area contributed by atoms with E-state index < -0.39 is 11.9 Å². The highest BCUT2D eigenvalue weighted by molar-refractivity contribution is 5.99. The Morgan fingerprint density at radius 3 is 2.71 bits per heavy atom. The van der Waals surface area contributed by atoms with E-state index in [0.717, 1.165) is 10.8 Å². The van der Waals surface area contributed by atoms with Crippen molar-refractivity contribution < 1.29 is 9.59 Å². The fraction of sp³-hybridized carbons (Fsp3) is 0.312. The van der Waals surface area contributed by atoms with Crippen LogP contribution in [0.15, 0.2) is 29.7 Å². The molecule has 1 unspecified atom stereocenters. The van der Waals surface area contributed by atoms with Crippen LogP contribution >= 0.6 is 0 Å². The van der Waals surface area contributed by atoms with Gasteiger partial charge in [0.1, 0.15) is 6.04 Å². The van der Waals surface area contributed by atoms with E-state index in [2.05, 4.69) is 11.9 Å². The first-order chi connectivity index (χ1) is 9.99. The second-order valence-electron chi connectivity index (χ2n) is 5.00. The standard InChI is InChI=1S/C16H18N2O3/c1-4-10(3)12-8-9-18(16(21)11(12)5-2)13-6-7-14(19)17-15(13)20/h4-5,8-9,13H,1,6-7H2,2-3H3,(H,17,19,20)/b11-5+,12-10-. The van der Waals surface area contributed by atoms with Crippen LogP contribution in [0.4, 0.5) is 0 Å². The van der Waals surface area contributed by atoms with Crippen LogP contribution in [-0.4, -0.2) is 16.4 Å². The largest absolute Gasteiger partial charge is 0.302 e. The third-order valence-electron chi connectivity index (χ3n) is 3.72. The first-order valence-corrected chi connectivity index (χ1v) is 6.84. The average Bonchev–Trinajstić information content (AvgIpc) is 2.47. The molecule has 1 aliphatic heterocycles. The van der Waals surface area contributed by atoms with Crippen molar-refractivity contribution in [2.75, 3.05) is 0 Å². The van der Waals surface area contributed by atoms with E-state index in [4.69, 9.17) is 0 Å². The van der Waals surface area contributed by atoms with Gasteiger partial charge in [0, 0.05) is 17.8 Å². The number of hydrogen-bond donors (Lipinski definition) is 1. The first-order valence-electron chi connectivity index (χ1n) is 6.84. The van der Waals surface area contributed by atoms with E-state index >= 15 is 0 Å². The molecule has 1 aromatic rings. The zero-order valence-corrected chi connectivity index (χ0v) is 12.2. The highest BCUT2D eigenvalue weighted by Crippen LogP contribution is 2.15. The molecular weight excluding hydrogens is 268 g/mol. The van der Waals surface area contributed by atoms with E-state index in [1.807, 2.05) is 6.92 Å². The van der Waals surface area contributed by atoms with Gasteiger partial charge in [-0.25, -0.2) is 0 Å². The maximum absolute atomic E-state index is 12.6. The number of aromatic nitrogens is 1. The monoisotopic (exact) mass is 286 g/mol. The van der Waals surface area contributed by atoms with Crippen molar-refractivity contribution in [2.24, 2.45) is 0 Å². The second kappa shape index (κ2) is 5.91. The molecule has 21 heavy (non-hydrogen) atoms. The average molecular weight is 286 g/mol. The first kappa shape index (κ1) is 15.0. The topological polar surface area (TPSA) is 68.2 Å². The normalized spacial score (nSPS) is 21.0. The number of amides is 2. The van der Waals surface area contributed by atoms with Crippen LogP contribution in [0.1, 0.15) is 32.7 Å². The number of allylic oxidation sites excluding steroid dienone is 1. The number of carbonyl (C=O) groups excluding carboxylic acids is 2. The van der Waals surface area contributed by atoms with Crippen LogP contribution in [0.5, 0.6) is 0 Å². The van der Waals surface area contributed by atoms with Gasteiger partial charge in [0.15, 0.2) is 0 Å². The van der Waals surface area contributed by atoms with E-state index in [0.29, 0.717) is 11.6 Å². The Morgan fingerprint density at radius 1 is 1.43 bits per heavy atom. The molecule has 2 heterocycles. The van der Waals surface area contributed by atoms with Gasteiger partial charge in [0.25, 0.3) is 5.56 Å². The molecular formula is C16H18N2O3. The predicted octanol–water partition coefficient (Wildman–Crippen LogP) is -0.0170. The lowest BCUT2D eigenvalue weighted by molar-refractivity contribution is -0.135. The molecule has 0 aliphatic carbocycles. The zero-order chi connectivity index (χ0) is 15.6. The number of pyridine rings is 1. The van der Waals surface area contributed by atoms with Gasteiger partial charge >= 0.3 is 0 Å². The van der Waals surface area contributed by atoms with Gasteiger partial charge in [-0.05, 0) is 37.1 Å². The molecule has 1 saturated heterocycles. The maximum Gasteiger partial charge on any atom is 0.258 e. The lowest BCUT2D eigenvalue weighted by Gasteiger charge is -2.22. The van der Waals surface area contributed by atoms with Gasteiger partial charge in [0.2, 0.25) is 11.8 Å². The van der Waals surface area contributed by atoms with Gasteiger partial charge in [0.05, 0.1) is 0 Å². The molecule has 1 aliphatic rings. The Morgan fingerprint density at radius 2 is 2.14 bits per heavy atom. The lowest BCUT2D eigenvalue weighted by Crippen LogP contribution is -2.50. The number of nitrogens with one attached hydrogen (secondary N) is 1. The van der Waals surface area contributed by atoms with E-state index in [9.17, 15) is 14.4 Å². The van der Waals surface area contributed by atoms with Crippen LogP contribution in [-0.2, 0) is 9.59 Å². The number of hydrogen-bond acceptors (Lipinski definition) is 3. The maximum atomic E-state index is 12.6. The van der Waals surface area contributed by atoms with Crippen molar-refractivity contribution in [3.8, 4) is 0 Å². The number of nitrogens with zero attached hydrogens (tertiary/aromatic N) is 1. The van der Waals surface area contributed by atoms with Crippen molar-refractivity contribution in [1.82, 2.24) is 9.88 Å². The van der Waals surface area contributed by atoms with Crippen molar-refractivity contribution >= 4 is 23.5 Å². The molecule has 5 heteroatoms. The highest BCUT2D eigenvalue weighted by atomic mass is 16.2. The molecule has 5 nitrogen and oxygen atoms in total. The van der Waals surface area contributed by atoms with Gasteiger partial charge in [-0.15, -0.1) is 0 Å². The molecule has 1 fully saturated rings. The third kappa shape index (κ3) is 2.72. The SMILES string of the molecule is C=C/C(C)=c1/ccn(C2CCC(=O)NC2=O)c(=O)/c1=C/C. The van der Waals surface area contributed by atoms with Crippen molar-refractivity contribution in [3.05, 3.63) is 45.7 Å². The fourth-order valence-corrected chi connectivity index (χ4v) is 2.49. The molecule has 2 rings (SSSR count). The molecule has 1 aromatic heterocycles. The van der Waals surface area contributed by atoms with Crippen LogP contribution in [0.25, 0.3) is 11.6 Å². The van der Waals surface area contributed by atoms with Gasteiger partial charge in [-0.1, -0.05) is 18.7 Å². The van der Waals surface area contributed by atoms with Crippen molar-refractivity contribution in [1.29, 1.82) is 0 Å². The van der Waals surface area contributed by atoms with Gasteiger partial charge in [-0.2, -0.15) is 0 Å². The summed E-state index contributed by atoms with van der Waals surface area (Å²) in [5, 5.41) is 3.62.